The van der Waals surface area contributed by atoms with Crippen molar-refractivity contribution < 1.29 is 19.1 Å². The van der Waals surface area contributed by atoms with Gasteiger partial charge in [0, 0.05) is 25.6 Å². The monoisotopic (exact) mass is 425 g/mol. The number of hydrogen-bond acceptors (Lipinski definition) is 5. The first-order valence-corrected chi connectivity index (χ1v) is 10.2. The summed E-state index contributed by atoms with van der Waals surface area (Å²) in [6.07, 6.45) is 5.57. The zero-order valence-electron chi connectivity index (χ0n) is 17.3. The molecule has 2 N–H and O–H groups in total. The van der Waals surface area contributed by atoms with Crippen LogP contribution in [0.2, 0.25) is 0 Å². The van der Waals surface area contributed by atoms with E-state index in [1.165, 1.54) is 0 Å². The second kappa shape index (κ2) is 11.3. The number of methoxy groups -OCH3 is 2. The van der Waals surface area contributed by atoms with Gasteiger partial charge >= 0.3 is 0 Å². The molecule has 29 heavy (non-hydrogen) atoms. The molecule has 2 heterocycles. The van der Waals surface area contributed by atoms with Gasteiger partial charge in [-0.05, 0) is 57.2 Å². The zero-order valence-corrected chi connectivity index (χ0v) is 18.1. The van der Waals surface area contributed by atoms with Gasteiger partial charge < -0.3 is 25.0 Å². The van der Waals surface area contributed by atoms with Crippen LogP contribution in [-0.2, 0) is 4.79 Å². The number of ether oxygens (including phenoxy) is 2. The number of piperidine rings is 1. The standard InChI is InChI=1S/C21H31N3O4.ClH/c1-27-18-13-16(21(26)24-11-3-4-12-24)17(14-19(18)28-2)23-20(25)6-5-15-7-9-22-10-8-15;/h13-15,22H,3-12H2,1-2H3,(H,23,25);1H. The largest absolute Gasteiger partial charge is 0.493 e. The van der Waals surface area contributed by atoms with Gasteiger partial charge in [-0.25, -0.2) is 0 Å². The predicted octanol–water partition coefficient (Wildman–Crippen LogP) is 3.08. The Labute approximate surface area is 178 Å². The Morgan fingerprint density at radius 3 is 2.34 bits per heavy atom. The smallest absolute Gasteiger partial charge is 0.256 e. The van der Waals surface area contributed by atoms with Crippen LogP contribution >= 0.6 is 12.4 Å². The van der Waals surface area contributed by atoms with E-state index in [2.05, 4.69) is 10.6 Å². The lowest BCUT2D eigenvalue weighted by Gasteiger charge is -2.22. The number of anilines is 1. The molecule has 0 aromatic heterocycles. The molecule has 162 valence electrons. The van der Waals surface area contributed by atoms with Crippen molar-refractivity contribution in [2.45, 2.75) is 38.5 Å². The molecule has 0 aliphatic carbocycles. The number of carbonyl (C=O) groups excluding carboxylic acids is 2. The summed E-state index contributed by atoms with van der Waals surface area (Å²) < 4.78 is 10.7. The Morgan fingerprint density at radius 1 is 1.10 bits per heavy atom. The highest BCUT2D eigenvalue weighted by atomic mass is 35.5. The lowest BCUT2D eigenvalue weighted by atomic mass is 9.93. The van der Waals surface area contributed by atoms with Crippen molar-refractivity contribution in [3.05, 3.63) is 17.7 Å². The number of likely N-dealkylation sites (tertiary alicyclic amines) is 1. The maximum Gasteiger partial charge on any atom is 0.256 e. The molecular formula is C21H32ClN3O4. The summed E-state index contributed by atoms with van der Waals surface area (Å²) in [5.41, 5.74) is 0.944. The molecule has 0 saturated carbocycles. The lowest BCUT2D eigenvalue weighted by Crippen LogP contribution is -2.29. The minimum Gasteiger partial charge on any atom is -0.493 e. The summed E-state index contributed by atoms with van der Waals surface area (Å²) in [5, 5.41) is 6.29. The van der Waals surface area contributed by atoms with Gasteiger partial charge in [-0.2, -0.15) is 0 Å². The van der Waals surface area contributed by atoms with Crippen LogP contribution in [0.1, 0.15) is 48.9 Å². The minimum atomic E-state index is -0.0768. The van der Waals surface area contributed by atoms with Crippen LogP contribution in [-0.4, -0.2) is 57.1 Å². The van der Waals surface area contributed by atoms with Crippen LogP contribution < -0.4 is 20.1 Å². The molecule has 2 amide bonds. The Morgan fingerprint density at radius 2 is 1.72 bits per heavy atom. The second-order valence-corrected chi connectivity index (χ2v) is 7.53. The molecule has 2 fully saturated rings. The number of nitrogens with one attached hydrogen (secondary N) is 2. The summed E-state index contributed by atoms with van der Waals surface area (Å²) >= 11 is 0. The maximum absolute atomic E-state index is 13.0. The number of benzene rings is 1. The van der Waals surface area contributed by atoms with Gasteiger partial charge in [0.25, 0.3) is 5.91 Å². The number of rotatable bonds is 7. The molecule has 2 aliphatic heterocycles. The molecule has 8 heteroatoms. The van der Waals surface area contributed by atoms with Crippen LogP contribution in [0.25, 0.3) is 0 Å². The topological polar surface area (TPSA) is 79.9 Å². The fourth-order valence-corrected chi connectivity index (χ4v) is 3.97. The van der Waals surface area contributed by atoms with Gasteiger partial charge in [0.15, 0.2) is 11.5 Å². The molecule has 1 aromatic rings. The first-order valence-electron chi connectivity index (χ1n) is 10.2. The molecular weight excluding hydrogens is 394 g/mol. The fourth-order valence-electron chi connectivity index (χ4n) is 3.97. The van der Waals surface area contributed by atoms with Crippen molar-refractivity contribution in [3.8, 4) is 11.5 Å². The molecule has 1 aromatic carbocycles. The predicted molar refractivity (Wildman–Crippen MR) is 115 cm³/mol. The Kier molecular flexibility index (Phi) is 9.04. The van der Waals surface area contributed by atoms with E-state index < -0.39 is 0 Å². The summed E-state index contributed by atoms with van der Waals surface area (Å²) in [6, 6.07) is 3.35. The summed E-state index contributed by atoms with van der Waals surface area (Å²) in [5.74, 6) is 1.42. The molecule has 2 saturated heterocycles. The molecule has 0 bridgehead atoms. The number of amides is 2. The van der Waals surface area contributed by atoms with Crippen LogP contribution in [0.3, 0.4) is 0 Å². The number of carbonyl (C=O) groups is 2. The highest BCUT2D eigenvalue weighted by molar-refractivity contribution is 6.04. The van der Waals surface area contributed by atoms with E-state index in [-0.39, 0.29) is 24.2 Å². The summed E-state index contributed by atoms with van der Waals surface area (Å²) in [4.78, 5) is 27.4. The lowest BCUT2D eigenvalue weighted by molar-refractivity contribution is -0.116. The molecule has 7 nitrogen and oxygen atoms in total. The normalized spacial score (nSPS) is 16.8. The maximum atomic E-state index is 13.0. The van der Waals surface area contributed by atoms with Crippen LogP contribution in [0, 0.1) is 5.92 Å². The van der Waals surface area contributed by atoms with Crippen LogP contribution in [0.4, 0.5) is 5.69 Å². The second-order valence-electron chi connectivity index (χ2n) is 7.53. The van der Waals surface area contributed by atoms with Crippen LogP contribution in [0.5, 0.6) is 11.5 Å². The number of hydrogen-bond donors (Lipinski definition) is 2. The van der Waals surface area contributed by atoms with Gasteiger partial charge in [0.1, 0.15) is 0 Å². The van der Waals surface area contributed by atoms with Crippen molar-refractivity contribution >= 4 is 29.9 Å². The number of halogens is 1. The first kappa shape index (κ1) is 23.3. The average molecular weight is 426 g/mol. The highest BCUT2D eigenvalue weighted by Gasteiger charge is 2.25. The van der Waals surface area contributed by atoms with Gasteiger partial charge in [-0.3, -0.25) is 9.59 Å². The molecule has 3 rings (SSSR count). The molecule has 0 radical (unpaired) electrons. The molecule has 2 aliphatic rings. The van der Waals surface area contributed by atoms with E-state index in [0.29, 0.717) is 35.1 Å². The van der Waals surface area contributed by atoms with E-state index in [1.807, 2.05) is 4.90 Å². The quantitative estimate of drug-likeness (QED) is 0.701. The average Bonchev–Trinajstić information content (AvgIpc) is 3.27. The summed E-state index contributed by atoms with van der Waals surface area (Å²) in [6.45, 7) is 3.54. The van der Waals surface area contributed by atoms with Crippen molar-refractivity contribution in [1.29, 1.82) is 0 Å². The Hall–Kier alpha value is -1.99. The SMILES string of the molecule is COc1cc(NC(=O)CCC2CCNCC2)c(C(=O)N2CCCC2)cc1OC.Cl. The molecule has 0 unspecified atom stereocenters. The zero-order chi connectivity index (χ0) is 19.9. The minimum absolute atomic E-state index is 0. The number of nitrogens with zero attached hydrogens (tertiary/aromatic N) is 1. The fraction of sp³-hybridized carbons (Fsp3) is 0.619. The highest BCUT2D eigenvalue weighted by Crippen LogP contribution is 2.34. The first-order chi connectivity index (χ1) is 13.6. The van der Waals surface area contributed by atoms with E-state index in [4.69, 9.17) is 9.47 Å². The van der Waals surface area contributed by atoms with E-state index >= 15 is 0 Å². The van der Waals surface area contributed by atoms with Crippen molar-refractivity contribution in [1.82, 2.24) is 10.2 Å². The third-order valence-electron chi connectivity index (χ3n) is 5.66. The van der Waals surface area contributed by atoms with E-state index in [0.717, 1.165) is 58.3 Å². The Bertz CT molecular complexity index is 701. The van der Waals surface area contributed by atoms with Crippen LogP contribution in [0.15, 0.2) is 12.1 Å². The van der Waals surface area contributed by atoms with Gasteiger partial charge in [-0.1, -0.05) is 0 Å². The molecule has 0 atom stereocenters. The summed E-state index contributed by atoms with van der Waals surface area (Å²) in [7, 11) is 3.09. The molecule has 0 spiro atoms. The van der Waals surface area contributed by atoms with Gasteiger partial charge in [0.05, 0.1) is 25.5 Å². The van der Waals surface area contributed by atoms with E-state index in [1.54, 1.807) is 26.4 Å². The third kappa shape index (κ3) is 6.00. The van der Waals surface area contributed by atoms with Crippen molar-refractivity contribution in [2.75, 3.05) is 45.7 Å². The van der Waals surface area contributed by atoms with E-state index in [9.17, 15) is 9.59 Å². The van der Waals surface area contributed by atoms with Gasteiger partial charge in [-0.15, -0.1) is 12.4 Å². The third-order valence-corrected chi connectivity index (χ3v) is 5.66. The Balaban J connectivity index is 0.00000300. The van der Waals surface area contributed by atoms with Gasteiger partial charge in [0.2, 0.25) is 5.91 Å². The van der Waals surface area contributed by atoms with Crippen molar-refractivity contribution in [3.63, 3.8) is 0 Å². The van der Waals surface area contributed by atoms with Crippen molar-refractivity contribution in [2.24, 2.45) is 5.92 Å².